The predicted octanol–water partition coefficient (Wildman–Crippen LogP) is 5.74. The second-order valence-corrected chi connectivity index (χ2v) is 7.55. The van der Waals surface area contributed by atoms with Crippen LogP contribution in [0.25, 0.3) is 0 Å². The number of benzene rings is 3. The lowest BCUT2D eigenvalue weighted by molar-refractivity contribution is 0.0734. The third-order valence-electron chi connectivity index (χ3n) is 3.68. The maximum absolute atomic E-state index is 12.2. The molecule has 3 aromatic rings. The minimum atomic E-state index is -0.480. The zero-order valence-corrected chi connectivity index (χ0v) is 17.8. The second-order valence-electron chi connectivity index (χ2n) is 5.80. The molecule has 3 aromatic carbocycles. The van der Waals surface area contributed by atoms with Crippen LogP contribution in [0.5, 0.6) is 5.75 Å². The highest BCUT2D eigenvalue weighted by atomic mass is 79.9. The molecule has 1 N–H and O–H groups in total. The molecule has 146 valence electrons. The van der Waals surface area contributed by atoms with Crippen molar-refractivity contribution >= 4 is 57.2 Å². The van der Waals surface area contributed by atoms with Gasteiger partial charge in [-0.15, -0.1) is 0 Å². The molecule has 3 rings (SSSR count). The highest BCUT2D eigenvalue weighted by molar-refractivity contribution is 9.10. The van der Waals surface area contributed by atoms with Gasteiger partial charge in [0.15, 0.2) is 0 Å². The van der Waals surface area contributed by atoms with Gasteiger partial charge in [0.1, 0.15) is 5.75 Å². The third-order valence-corrected chi connectivity index (χ3v) is 4.73. The summed E-state index contributed by atoms with van der Waals surface area (Å²) < 4.78 is 6.16. The summed E-state index contributed by atoms with van der Waals surface area (Å²) in [5.41, 5.74) is 3.70. The largest absolute Gasteiger partial charge is 0.423 e. The van der Waals surface area contributed by atoms with Gasteiger partial charge in [-0.3, -0.25) is 4.79 Å². The van der Waals surface area contributed by atoms with Crippen LogP contribution in [0.1, 0.15) is 26.3 Å². The van der Waals surface area contributed by atoms with Crippen LogP contribution in [-0.2, 0) is 0 Å². The molecular formula is C21H13BrCl2N2O3. The van der Waals surface area contributed by atoms with E-state index in [-0.39, 0.29) is 10.6 Å². The average Bonchev–Trinajstić information content (AvgIpc) is 2.68. The Kier molecular flexibility index (Phi) is 7.04. The zero-order chi connectivity index (χ0) is 20.8. The highest BCUT2D eigenvalue weighted by Crippen LogP contribution is 2.21. The monoisotopic (exact) mass is 490 g/mol. The number of carbonyl (C=O) groups is 2. The average molecular weight is 492 g/mol. The lowest BCUT2D eigenvalue weighted by Gasteiger charge is -2.05. The molecule has 0 unspecified atom stereocenters. The van der Waals surface area contributed by atoms with E-state index in [2.05, 4.69) is 26.5 Å². The molecule has 0 aliphatic carbocycles. The normalized spacial score (nSPS) is 10.7. The predicted molar refractivity (Wildman–Crippen MR) is 117 cm³/mol. The van der Waals surface area contributed by atoms with E-state index in [9.17, 15) is 9.59 Å². The summed E-state index contributed by atoms with van der Waals surface area (Å²) in [6, 6.07) is 18.2. The number of hydrogen-bond acceptors (Lipinski definition) is 4. The smallest absolute Gasteiger partial charge is 0.343 e. The molecule has 0 spiro atoms. The Balaban J connectivity index is 1.65. The Morgan fingerprint density at radius 1 is 1.00 bits per heavy atom. The fourth-order valence-electron chi connectivity index (χ4n) is 2.34. The van der Waals surface area contributed by atoms with Crippen LogP contribution in [0.2, 0.25) is 10.0 Å². The number of halogens is 3. The van der Waals surface area contributed by atoms with Gasteiger partial charge in [-0.1, -0.05) is 57.3 Å². The molecule has 0 heterocycles. The number of nitrogens with one attached hydrogen (secondary N) is 1. The quantitative estimate of drug-likeness (QED) is 0.214. The second kappa shape index (κ2) is 9.69. The summed E-state index contributed by atoms with van der Waals surface area (Å²) >= 11 is 15.1. The van der Waals surface area contributed by atoms with E-state index in [1.165, 1.54) is 18.3 Å². The van der Waals surface area contributed by atoms with Gasteiger partial charge in [-0.2, -0.15) is 5.10 Å². The minimum Gasteiger partial charge on any atom is -0.423 e. The topological polar surface area (TPSA) is 67.8 Å². The Morgan fingerprint density at radius 2 is 1.79 bits per heavy atom. The van der Waals surface area contributed by atoms with Crippen molar-refractivity contribution in [3.63, 3.8) is 0 Å². The van der Waals surface area contributed by atoms with Crippen molar-refractivity contribution in [1.29, 1.82) is 0 Å². The number of esters is 1. The number of rotatable bonds is 5. The number of carbonyl (C=O) groups excluding carboxylic acids is 2. The Bertz CT molecular complexity index is 1100. The first-order valence-corrected chi connectivity index (χ1v) is 9.83. The van der Waals surface area contributed by atoms with E-state index in [0.717, 1.165) is 4.47 Å². The van der Waals surface area contributed by atoms with Crippen molar-refractivity contribution < 1.29 is 14.3 Å². The van der Waals surface area contributed by atoms with E-state index in [1.807, 2.05) is 6.07 Å². The fourth-order valence-corrected chi connectivity index (χ4v) is 3.23. The van der Waals surface area contributed by atoms with Crippen LogP contribution in [0.15, 0.2) is 76.3 Å². The number of nitrogens with zero attached hydrogens (tertiary/aromatic N) is 1. The molecule has 0 bridgehead atoms. The van der Waals surface area contributed by atoms with E-state index in [1.54, 1.807) is 48.5 Å². The van der Waals surface area contributed by atoms with E-state index in [0.29, 0.717) is 21.9 Å². The van der Waals surface area contributed by atoms with Crippen molar-refractivity contribution in [2.75, 3.05) is 0 Å². The molecule has 0 fully saturated rings. The van der Waals surface area contributed by atoms with Crippen LogP contribution < -0.4 is 10.2 Å². The van der Waals surface area contributed by atoms with Crippen LogP contribution >= 0.6 is 39.1 Å². The van der Waals surface area contributed by atoms with Gasteiger partial charge in [-0.05, 0) is 54.1 Å². The maximum atomic E-state index is 12.2. The van der Waals surface area contributed by atoms with Crippen molar-refractivity contribution in [3.8, 4) is 5.75 Å². The van der Waals surface area contributed by atoms with E-state index in [4.69, 9.17) is 27.9 Å². The van der Waals surface area contributed by atoms with Gasteiger partial charge in [0.05, 0.1) is 22.4 Å². The van der Waals surface area contributed by atoms with Crippen LogP contribution in [0.3, 0.4) is 0 Å². The van der Waals surface area contributed by atoms with Crippen molar-refractivity contribution in [2.24, 2.45) is 5.10 Å². The summed E-state index contributed by atoms with van der Waals surface area (Å²) in [5, 5.41) is 4.57. The molecular weight excluding hydrogens is 479 g/mol. The highest BCUT2D eigenvalue weighted by Gasteiger charge is 2.10. The molecule has 29 heavy (non-hydrogen) atoms. The SMILES string of the molecule is O=C(Oc1cccc(/C=N\NC(=O)c2ccc(Cl)cc2Cl)c1)c1cccc(Br)c1. The van der Waals surface area contributed by atoms with Gasteiger partial charge in [0.25, 0.3) is 5.91 Å². The van der Waals surface area contributed by atoms with Crippen molar-refractivity contribution in [1.82, 2.24) is 5.43 Å². The summed E-state index contributed by atoms with van der Waals surface area (Å²) in [7, 11) is 0. The van der Waals surface area contributed by atoms with E-state index >= 15 is 0 Å². The lowest BCUT2D eigenvalue weighted by Crippen LogP contribution is -2.18. The van der Waals surface area contributed by atoms with Gasteiger partial charge in [-0.25, -0.2) is 10.2 Å². The number of ether oxygens (including phenoxy) is 1. The van der Waals surface area contributed by atoms with Crippen molar-refractivity contribution in [3.05, 3.63) is 97.9 Å². The first kappa shape index (κ1) is 21.0. The van der Waals surface area contributed by atoms with Gasteiger partial charge >= 0.3 is 5.97 Å². The maximum Gasteiger partial charge on any atom is 0.343 e. The molecule has 0 saturated heterocycles. The molecule has 8 heteroatoms. The zero-order valence-electron chi connectivity index (χ0n) is 14.7. The Labute approximate surface area is 185 Å². The van der Waals surface area contributed by atoms with Gasteiger partial charge in [0, 0.05) is 9.50 Å². The molecule has 0 aliphatic rings. The summed E-state index contributed by atoms with van der Waals surface area (Å²) in [4.78, 5) is 24.4. The summed E-state index contributed by atoms with van der Waals surface area (Å²) in [6.45, 7) is 0. The minimum absolute atomic E-state index is 0.228. The molecule has 1 amide bonds. The van der Waals surface area contributed by atoms with Crippen LogP contribution in [0, 0.1) is 0 Å². The summed E-state index contributed by atoms with van der Waals surface area (Å²) in [6.07, 6.45) is 1.43. The molecule has 0 aromatic heterocycles. The summed E-state index contributed by atoms with van der Waals surface area (Å²) in [5.74, 6) is -0.600. The van der Waals surface area contributed by atoms with Crippen molar-refractivity contribution in [2.45, 2.75) is 0 Å². The number of amides is 1. The standard InChI is InChI=1S/C21H13BrCl2N2O3/c22-15-5-2-4-14(10-15)21(28)29-17-6-1-3-13(9-17)12-25-26-20(27)18-8-7-16(23)11-19(18)24/h1-12H,(H,26,27)/b25-12-. The number of hydrazone groups is 1. The van der Waals surface area contributed by atoms with Gasteiger partial charge < -0.3 is 4.74 Å². The van der Waals surface area contributed by atoms with Crippen LogP contribution in [0.4, 0.5) is 0 Å². The molecule has 0 aliphatic heterocycles. The molecule has 5 nitrogen and oxygen atoms in total. The first-order valence-electron chi connectivity index (χ1n) is 8.28. The molecule has 0 saturated carbocycles. The Morgan fingerprint density at radius 3 is 2.55 bits per heavy atom. The Hall–Kier alpha value is -2.67. The molecule has 0 atom stereocenters. The van der Waals surface area contributed by atoms with Crippen LogP contribution in [-0.4, -0.2) is 18.1 Å². The fraction of sp³-hybridized carbons (Fsp3) is 0. The third kappa shape index (κ3) is 5.90. The lowest BCUT2D eigenvalue weighted by atomic mass is 10.2. The first-order chi connectivity index (χ1) is 13.9. The number of hydrogen-bond donors (Lipinski definition) is 1. The van der Waals surface area contributed by atoms with Gasteiger partial charge in [0.2, 0.25) is 0 Å². The van der Waals surface area contributed by atoms with E-state index < -0.39 is 11.9 Å². The molecule has 0 radical (unpaired) electrons.